The van der Waals surface area contributed by atoms with Gasteiger partial charge in [-0.15, -0.1) is 12.4 Å². The first-order valence-corrected chi connectivity index (χ1v) is 37.4. The SMILES string of the molecule is C=COC(=O)N1C[C@@H]2C[C@H]3[C@@H]4C[C@H](F)C5=CC(=O)C=C[C@]5(C)[C@@]4(F)[C@@H](O)C[C@]3(C)[C@]2(C(=O)COS(C)(=O)=O)C1.C=COC(=O)N1C[C@@H]2C[C@H]3[C@@H]4C[C@H](F)C5=CC(=O)C=C[C@]5(C)[C@@]4(F)[C@@H](O)C[C@]3(C)[C@]2(C(C)=O)C1.CC(=O)[C@@]12CNC[C@@H]1C[C@H]1[C@@H]3C[C@H](F)C4=CC(=O)C=C[C@]4(C)[C@@]3(F)[C@@H](O)C[C@@]12C.Cl.[I-].[Na+]. The van der Waals surface area contributed by atoms with Crippen molar-refractivity contribution in [2.75, 3.05) is 52.1 Å². The summed E-state index contributed by atoms with van der Waals surface area (Å²) in [5.41, 5.74) is -16.3. The van der Waals surface area contributed by atoms with Crippen molar-refractivity contribution >= 4 is 69.4 Å². The molecule has 19 nitrogen and oxygen atoms in total. The number of aliphatic hydroxyl groups excluding tert-OH is 3. The maximum absolute atomic E-state index is 17.4. The fourth-order valence-electron chi connectivity index (χ4n) is 25.9. The van der Waals surface area contributed by atoms with E-state index in [1.54, 1.807) is 27.7 Å². The Labute approximate surface area is 653 Å². The second-order valence-corrected chi connectivity index (χ2v) is 35.4. The van der Waals surface area contributed by atoms with Crippen LogP contribution in [0.4, 0.5) is 35.9 Å². The summed E-state index contributed by atoms with van der Waals surface area (Å²) < 4.78 is 137. The van der Waals surface area contributed by atoms with Gasteiger partial charge in [0.1, 0.15) is 36.7 Å². The van der Waals surface area contributed by atoms with Gasteiger partial charge in [-0.3, -0.25) is 33.0 Å². The predicted molar refractivity (Wildman–Crippen MR) is 364 cm³/mol. The maximum atomic E-state index is 17.4. The molecule has 9 saturated carbocycles. The first-order chi connectivity index (χ1) is 47.4. The summed E-state index contributed by atoms with van der Waals surface area (Å²) in [6, 6.07) is 0. The Hall–Kier alpha value is -4.17. The zero-order valence-electron chi connectivity index (χ0n) is 60.7. The number of likely N-dealkylation sites (tertiary alicyclic amines) is 2. The quantitative estimate of drug-likeness (QED) is 0.0890. The number of carbonyl (C=O) groups excluding carboxylic acids is 8. The smallest absolute Gasteiger partial charge is 1.00 e. The van der Waals surface area contributed by atoms with E-state index >= 15 is 26.3 Å². The molecule has 0 aromatic rings. The third kappa shape index (κ3) is 10.9. The van der Waals surface area contributed by atoms with Gasteiger partial charge in [0.25, 0.3) is 10.1 Å². The molecule has 12 fully saturated rings. The molecular formula is C76H94ClF6IN3NaO16S. The van der Waals surface area contributed by atoms with Crippen LogP contribution in [0.15, 0.2) is 97.1 Å². The van der Waals surface area contributed by atoms with Gasteiger partial charge in [0.2, 0.25) is 0 Å². The van der Waals surface area contributed by atoms with Crippen molar-refractivity contribution in [1.82, 2.24) is 15.1 Å². The Balaban J connectivity index is 0.000000168. The van der Waals surface area contributed by atoms with E-state index in [1.165, 1.54) is 72.3 Å². The molecule has 0 spiro atoms. The number of hydrogen-bond acceptors (Lipinski definition) is 17. The number of aliphatic hydroxyl groups is 3. The van der Waals surface area contributed by atoms with Crippen LogP contribution in [-0.2, 0) is 52.5 Å². The van der Waals surface area contributed by atoms with E-state index in [-0.39, 0.29) is 201 Å². The Morgan fingerprint density at radius 3 is 1.23 bits per heavy atom. The summed E-state index contributed by atoms with van der Waals surface area (Å²) in [6.07, 6.45) is 4.78. The normalized spacial score (nSPS) is 47.7. The molecule has 15 rings (SSSR count). The number of alkyl halides is 6. The second kappa shape index (κ2) is 27.3. The Bertz CT molecular complexity index is 4060. The second-order valence-electron chi connectivity index (χ2n) is 33.8. The number of nitrogens with zero attached hydrogens (tertiary/aromatic N) is 2. The van der Waals surface area contributed by atoms with Crippen LogP contribution in [0.2, 0.25) is 0 Å². The van der Waals surface area contributed by atoms with Crippen LogP contribution in [0.1, 0.15) is 113 Å². The molecule has 105 heavy (non-hydrogen) atoms. The first kappa shape index (κ1) is 83.3. The van der Waals surface area contributed by atoms with E-state index in [4.69, 9.17) is 13.7 Å². The van der Waals surface area contributed by atoms with Crippen molar-refractivity contribution in [3.63, 3.8) is 0 Å². The number of Topliss-reactive ketones (excluding diaryl/α,β-unsaturated/α-hetero) is 3. The monoisotopic (exact) mass is 1640 g/mol. The molecule has 27 atom stereocenters. The molecule has 0 bridgehead atoms. The molecule has 0 radical (unpaired) electrons. The van der Waals surface area contributed by atoms with Crippen molar-refractivity contribution in [3.8, 4) is 0 Å². The van der Waals surface area contributed by atoms with Crippen molar-refractivity contribution in [2.45, 2.75) is 167 Å². The summed E-state index contributed by atoms with van der Waals surface area (Å²) in [6.45, 7) is 21.0. The Kier molecular flexibility index (Phi) is 21.7. The topological polar surface area (TPSA) is 278 Å². The molecule has 0 aromatic carbocycles. The van der Waals surface area contributed by atoms with Gasteiger partial charge >= 0.3 is 41.7 Å². The fraction of sp³-hybridized carbons (Fsp3) is 0.684. The fourth-order valence-corrected chi connectivity index (χ4v) is 26.2. The van der Waals surface area contributed by atoms with Gasteiger partial charge in [-0.2, -0.15) is 8.42 Å². The van der Waals surface area contributed by atoms with Crippen molar-refractivity contribution in [2.24, 2.45) is 102 Å². The predicted octanol–water partition coefficient (Wildman–Crippen LogP) is 3.50. The molecule has 3 saturated heterocycles. The van der Waals surface area contributed by atoms with Gasteiger partial charge in [0.15, 0.2) is 40.1 Å². The summed E-state index contributed by atoms with van der Waals surface area (Å²) in [7, 11) is -3.98. The van der Waals surface area contributed by atoms with Gasteiger partial charge < -0.3 is 63.9 Å². The Morgan fingerprint density at radius 1 is 0.562 bits per heavy atom. The van der Waals surface area contributed by atoms with Crippen LogP contribution in [-0.4, -0.2) is 186 Å². The zero-order chi connectivity index (χ0) is 74.6. The average molecular weight is 1640 g/mol. The summed E-state index contributed by atoms with van der Waals surface area (Å²) in [4.78, 5) is 104. The summed E-state index contributed by atoms with van der Waals surface area (Å²) in [5.74, 6) is -6.19. The van der Waals surface area contributed by atoms with E-state index in [0.29, 0.717) is 25.9 Å². The number of allylic oxidation sites excluding steroid dienone is 12. The van der Waals surface area contributed by atoms with Crippen molar-refractivity contribution in [3.05, 3.63) is 97.1 Å². The van der Waals surface area contributed by atoms with Gasteiger partial charge in [0.05, 0.1) is 53.3 Å². The van der Waals surface area contributed by atoms with Gasteiger partial charge in [-0.1, -0.05) is 52.2 Å². The largest absolute Gasteiger partial charge is 1.00 e. The molecule has 0 aromatic heterocycles. The number of rotatable bonds is 8. The van der Waals surface area contributed by atoms with E-state index in [1.807, 2.05) is 13.8 Å². The maximum Gasteiger partial charge on any atom is 1.00 e. The number of hydrogen-bond donors (Lipinski definition) is 4. The summed E-state index contributed by atoms with van der Waals surface area (Å²) in [5, 5.41) is 37.6. The molecule has 15 aliphatic rings. The number of ether oxygens (including phenoxy) is 2. The third-order valence-corrected chi connectivity index (χ3v) is 31.0. The minimum Gasteiger partial charge on any atom is -1.00 e. The van der Waals surface area contributed by atoms with Crippen molar-refractivity contribution < 1.29 is 156 Å². The minimum absolute atomic E-state index is 0. The van der Waals surface area contributed by atoms with E-state index < -0.39 is 173 Å². The molecule has 3 aliphatic heterocycles. The number of carbonyl (C=O) groups is 8. The molecule has 572 valence electrons. The number of fused-ring (bicyclic) bond motifs is 21. The average Bonchev–Trinajstić information content (AvgIpc) is 1.58. The van der Waals surface area contributed by atoms with Crippen LogP contribution in [0.25, 0.3) is 0 Å². The van der Waals surface area contributed by atoms with Crippen LogP contribution in [0, 0.1) is 102 Å². The van der Waals surface area contributed by atoms with E-state index in [0.717, 1.165) is 24.9 Å². The molecule has 0 unspecified atom stereocenters. The molecular weight excluding hydrogens is 1540 g/mol. The number of nitrogens with one attached hydrogen (secondary N) is 1. The van der Waals surface area contributed by atoms with Gasteiger partial charge in [-0.25, -0.2) is 35.9 Å². The zero-order valence-corrected chi connectivity index (χ0v) is 66.5. The number of ketones is 6. The van der Waals surface area contributed by atoms with E-state index in [9.17, 15) is 62.1 Å². The van der Waals surface area contributed by atoms with Gasteiger partial charge in [0, 0.05) is 66.7 Å². The third-order valence-electron chi connectivity index (χ3n) is 30.4. The van der Waals surface area contributed by atoms with Crippen LogP contribution < -0.4 is 58.9 Å². The molecule has 12 aliphatic carbocycles. The van der Waals surface area contributed by atoms with Crippen LogP contribution in [0.3, 0.4) is 0 Å². The van der Waals surface area contributed by atoms with Crippen molar-refractivity contribution in [1.29, 1.82) is 0 Å². The minimum atomic E-state index is -3.98. The van der Waals surface area contributed by atoms with Crippen LogP contribution in [0.5, 0.6) is 0 Å². The van der Waals surface area contributed by atoms with Crippen LogP contribution >= 0.6 is 12.4 Å². The number of amides is 2. The molecule has 29 heteroatoms. The summed E-state index contributed by atoms with van der Waals surface area (Å²) >= 11 is 0. The van der Waals surface area contributed by atoms with Gasteiger partial charge in [-0.05, 0) is 204 Å². The number of halogens is 8. The Morgan fingerprint density at radius 2 is 0.886 bits per heavy atom. The molecule has 4 N–H and O–H groups in total. The first-order valence-electron chi connectivity index (χ1n) is 35.6. The van der Waals surface area contributed by atoms with E-state index in [2.05, 4.69) is 18.5 Å². The standard InChI is InChI=1S/C27H33F2NO8S.C26H31F2NO5.C23H29F2NO3.ClH.HI.Na/c1-5-37-23(34)30-12-15-8-17-18-10-20(28)19-9-16(31)6-7-24(19,2)27(18,29)21(32)11-25(17,3)26(15,14-30)22(33)13-38-39(4,35)36;1-5-34-22(33)29-12-15-8-17-18-10-20(27)19-9-16(31)6-7-23(19,3)26(18,28)21(32)11-24(17,4)25(15,13-29)14(2)30;1-12(27)22-11-26-10-13(22)6-15-16-8-18(24)17-7-14(28)4-5-20(17,2)23(16,25)19(29)9-21(15,22)3;;;/h5-7,9,15,17-18,20-21,32H,1,8,10-14H2,2-4H3;5-7,9,15,17-18,20-21,32H,1,8,10-13H2,2-4H3;4-5,7,13,15-16,18-19,26,29H,6,8-11H2,1-3H3;2*1H;/q;;;;;+1/p-1/t15-,17-,18-,20-,21-,24-,25-,26+,27-;15-,17-,18-,20-,21-,23-,24-,25-,26-;13-,15-,16-,18-,19-,20-,21-,22-,23-;;;/m000.../s1. The molecule has 3 heterocycles. The molecule has 2 amide bonds.